The second-order valence-electron chi connectivity index (χ2n) is 4.50. The van der Waals surface area contributed by atoms with Crippen LogP contribution in [0.1, 0.15) is 0 Å². The smallest absolute Gasteiger partial charge is 0.246 e. The number of sulfonamides is 1. The van der Waals surface area contributed by atoms with Crippen molar-refractivity contribution in [2.45, 2.75) is 4.90 Å². The summed E-state index contributed by atoms with van der Waals surface area (Å²) in [4.78, 5) is 2.33. The average molecular weight is 349 g/mol. The van der Waals surface area contributed by atoms with Gasteiger partial charge < -0.3 is 9.64 Å². The zero-order valence-electron chi connectivity index (χ0n) is 11.0. The van der Waals surface area contributed by atoms with Gasteiger partial charge in [0.25, 0.3) is 0 Å². The predicted molar refractivity (Wildman–Crippen MR) is 76.9 cm³/mol. The standard InChI is InChI=1S/C12H17BrN2O3S/c1-14-5-7-15(8-6-14)19(16,17)12-9-10(13)3-4-11(12)18-2/h3-4,9H,5-8H2,1-2H3. The summed E-state index contributed by atoms with van der Waals surface area (Å²) in [5.74, 6) is 0.377. The maximum absolute atomic E-state index is 12.6. The van der Waals surface area contributed by atoms with E-state index < -0.39 is 10.0 Å². The lowest BCUT2D eigenvalue weighted by Crippen LogP contribution is -2.47. The fourth-order valence-corrected chi connectivity index (χ4v) is 4.14. The number of rotatable bonds is 3. The molecule has 1 fully saturated rings. The first-order valence-electron chi connectivity index (χ1n) is 5.97. The van der Waals surface area contributed by atoms with Crippen LogP contribution in [0.4, 0.5) is 0 Å². The van der Waals surface area contributed by atoms with Crippen LogP contribution in [-0.4, -0.2) is 58.0 Å². The van der Waals surface area contributed by atoms with E-state index in [1.54, 1.807) is 18.2 Å². The van der Waals surface area contributed by atoms with Gasteiger partial charge in [-0.3, -0.25) is 0 Å². The van der Waals surface area contributed by atoms with Gasteiger partial charge in [0.05, 0.1) is 7.11 Å². The normalized spacial score (nSPS) is 18.5. The van der Waals surface area contributed by atoms with E-state index in [2.05, 4.69) is 20.8 Å². The number of halogens is 1. The van der Waals surface area contributed by atoms with Crippen LogP contribution in [0.15, 0.2) is 27.6 Å². The fraction of sp³-hybridized carbons (Fsp3) is 0.500. The molecule has 5 nitrogen and oxygen atoms in total. The summed E-state index contributed by atoms with van der Waals surface area (Å²) in [6.07, 6.45) is 0. The third-order valence-corrected chi connectivity index (χ3v) is 5.62. The van der Waals surface area contributed by atoms with E-state index in [0.29, 0.717) is 18.8 Å². The highest BCUT2D eigenvalue weighted by atomic mass is 79.9. The van der Waals surface area contributed by atoms with Gasteiger partial charge >= 0.3 is 0 Å². The zero-order chi connectivity index (χ0) is 14.0. The number of piperazine rings is 1. The third-order valence-electron chi connectivity index (χ3n) is 3.21. The second kappa shape index (κ2) is 5.78. The first-order chi connectivity index (χ1) is 8.95. The molecule has 0 saturated carbocycles. The number of ether oxygens (including phenoxy) is 1. The van der Waals surface area contributed by atoms with E-state index in [0.717, 1.165) is 17.6 Å². The molecule has 0 amide bonds. The van der Waals surface area contributed by atoms with Crippen molar-refractivity contribution in [2.75, 3.05) is 40.3 Å². The minimum atomic E-state index is -3.50. The highest BCUT2D eigenvalue weighted by molar-refractivity contribution is 9.10. The highest BCUT2D eigenvalue weighted by Gasteiger charge is 2.30. The van der Waals surface area contributed by atoms with Crippen LogP contribution < -0.4 is 4.74 Å². The zero-order valence-corrected chi connectivity index (χ0v) is 13.4. The molecule has 1 aliphatic rings. The van der Waals surface area contributed by atoms with E-state index in [1.807, 2.05) is 7.05 Å². The van der Waals surface area contributed by atoms with Gasteiger partial charge in [0, 0.05) is 30.7 Å². The monoisotopic (exact) mass is 348 g/mol. The summed E-state index contributed by atoms with van der Waals surface area (Å²) in [5.41, 5.74) is 0. The van der Waals surface area contributed by atoms with Gasteiger partial charge in [-0.1, -0.05) is 15.9 Å². The van der Waals surface area contributed by atoms with E-state index in [1.165, 1.54) is 11.4 Å². The Morgan fingerprint density at radius 1 is 1.21 bits per heavy atom. The van der Waals surface area contributed by atoms with E-state index in [-0.39, 0.29) is 4.90 Å². The van der Waals surface area contributed by atoms with Gasteiger partial charge in [-0.2, -0.15) is 4.31 Å². The van der Waals surface area contributed by atoms with Crippen LogP contribution in [0.25, 0.3) is 0 Å². The van der Waals surface area contributed by atoms with Crippen LogP contribution in [0.3, 0.4) is 0 Å². The Balaban J connectivity index is 2.36. The predicted octanol–water partition coefficient (Wildman–Crippen LogP) is 1.39. The Morgan fingerprint density at radius 3 is 2.42 bits per heavy atom. The lowest BCUT2D eigenvalue weighted by molar-refractivity contribution is 0.222. The van der Waals surface area contributed by atoms with Crippen molar-refractivity contribution >= 4 is 26.0 Å². The van der Waals surface area contributed by atoms with Crippen LogP contribution >= 0.6 is 15.9 Å². The highest BCUT2D eigenvalue weighted by Crippen LogP contribution is 2.30. The quantitative estimate of drug-likeness (QED) is 0.828. The maximum atomic E-state index is 12.6. The summed E-state index contributed by atoms with van der Waals surface area (Å²) in [7, 11) is -0.0309. The molecular formula is C12H17BrN2O3S. The number of benzene rings is 1. The molecule has 7 heteroatoms. The SMILES string of the molecule is COc1ccc(Br)cc1S(=O)(=O)N1CCN(C)CC1. The average Bonchev–Trinajstić information content (AvgIpc) is 2.39. The molecule has 0 bridgehead atoms. The minimum Gasteiger partial charge on any atom is -0.495 e. The van der Waals surface area contributed by atoms with Crippen molar-refractivity contribution in [3.63, 3.8) is 0 Å². The Bertz CT molecular complexity index is 554. The fourth-order valence-electron chi connectivity index (χ4n) is 2.02. The largest absolute Gasteiger partial charge is 0.495 e. The Labute approximate surface area is 122 Å². The van der Waals surface area contributed by atoms with Crippen LogP contribution in [-0.2, 0) is 10.0 Å². The lowest BCUT2D eigenvalue weighted by atomic mass is 10.3. The maximum Gasteiger partial charge on any atom is 0.246 e. The molecule has 1 saturated heterocycles. The summed E-state index contributed by atoms with van der Waals surface area (Å²) >= 11 is 3.30. The van der Waals surface area contributed by atoms with Gasteiger partial charge in [-0.15, -0.1) is 0 Å². The van der Waals surface area contributed by atoms with Crippen molar-refractivity contribution in [2.24, 2.45) is 0 Å². The van der Waals surface area contributed by atoms with Gasteiger partial charge in [-0.25, -0.2) is 8.42 Å². The number of likely N-dealkylation sites (N-methyl/N-ethyl adjacent to an activating group) is 1. The minimum absolute atomic E-state index is 0.217. The summed E-state index contributed by atoms with van der Waals surface area (Å²) in [6, 6.07) is 5.02. The number of hydrogen-bond donors (Lipinski definition) is 0. The molecule has 0 spiro atoms. The molecule has 1 aromatic rings. The van der Waals surface area contributed by atoms with E-state index in [4.69, 9.17) is 4.74 Å². The molecule has 0 aliphatic carbocycles. The van der Waals surface area contributed by atoms with Crippen LogP contribution in [0.2, 0.25) is 0 Å². The van der Waals surface area contributed by atoms with Crippen molar-refractivity contribution in [3.05, 3.63) is 22.7 Å². The van der Waals surface area contributed by atoms with Crippen LogP contribution in [0.5, 0.6) is 5.75 Å². The number of methoxy groups -OCH3 is 1. The van der Waals surface area contributed by atoms with Gasteiger partial charge in [0.1, 0.15) is 10.6 Å². The molecule has 1 aromatic carbocycles. The molecule has 1 aliphatic heterocycles. The molecule has 0 radical (unpaired) electrons. The topological polar surface area (TPSA) is 49.9 Å². The molecule has 1 heterocycles. The van der Waals surface area contributed by atoms with Gasteiger partial charge in [0.15, 0.2) is 0 Å². The van der Waals surface area contributed by atoms with Gasteiger partial charge in [0.2, 0.25) is 10.0 Å². The number of nitrogens with zero attached hydrogens (tertiary/aromatic N) is 2. The molecule has 2 rings (SSSR count). The van der Waals surface area contributed by atoms with Crippen molar-refractivity contribution in [3.8, 4) is 5.75 Å². The first-order valence-corrected chi connectivity index (χ1v) is 8.20. The second-order valence-corrected chi connectivity index (χ2v) is 7.32. The molecule has 0 N–H and O–H groups in total. The molecular weight excluding hydrogens is 332 g/mol. The molecule has 0 unspecified atom stereocenters. The van der Waals surface area contributed by atoms with Crippen molar-refractivity contribution in [1.29, 1.82) is 0 Å². The Hall–Kier alpha value is -0.630. The molecule has 106 valence electrons. The van der Waals surface area contributed by atoms with Crippen LogP contribution in [0, 0.1) is 0 Å². The third kappa shape index (κ3) is 3.10. The van der Waals surface area contributed by atoms with Crippen molar-refractivity contribution in [1.82, 2.24) is 9.21 Å². The van der Waals surface area contributed by atoms with E-state index >= 15 is 0 Å². The summed E-state index contributed by atoms with van der Waals surface area (Å²) in [6.45, 7) is 2.51. The first kappa shape index (κ1) is 14.8. The molecule has 19 heavy (non-hydrogen) atoms. The number of hydrogen-bond acceptors (Lipinski definition) is 4. The Kier molecular flexibility index (Phi) is 4.50. The summed E-state index contributed by atoms with van der Waals surface area (Å²) < 4.78 is 32.7. The molecule has 0 aromatic heterocycles. The van der Waals surface area contributed by atoms with Crippen molar-refractivity contribution < 1.29 is 13.2 Å². The van der Waals surface area contributed by atoms with Gasteiger partial charge in [-0.05, 0) is 25.2 Å². The van der Waals surface area contributed by atoms with E-state index in [9.17, 15) is 8.42 Å². The summed E-state index contributed by atoms with van der Waals surface area (Å²) in [5, 5.41) is 0. The molecule has 0 atom stereocenters. The Morgan fingerprint density at radius 2 is 1.84 bits per heavy atom. The lowest BCUT2D eigenvalue weighted by Gasteiger charge is -2.31.